The minimum absolute atomic E-state index is 0.161. The normalized spacial score (nSPS) is 11.3. The molecule has 0 aliphatic carbocycles. The number of nitrogens with zero attached hydrogens (tertiary/aromatic N) is 2. The van der Waals surface area contributed by atoms with Crippen LogP contribution < -0.4 is 9.80 Å². The number of aryl methyl sites for hydroxylation is 2. The van der Waals surface area contributed by atoms with E-state index in [0.717, 1.165) is 40.6 Å². The number of rotatable bonds is 9. The van der Waals surface area contributed by atoms with E-state index in [1.807, 2.05) is 11.0 Å². The van der Waals surface area contributed by atoms with Crippen LogP contribution in [0.4, 0.5) is 5.13 Å². The van der Waals surface area contributed by atoms with Gasteiger partial charge in [-0.2, -0.15) is 0 Å². The van der Waals surface area contributed by atoms with Crippen LogP contribution in [0.25, 0.3) is 10.2 Å². The van der Waals surface area contributed by atoms with Crippen LogP contribution in [0, 0.1) is 13.8 Å². The Balaban J connectivity index is 1.69. The van der Waals surface area contributed by atoms with E-state index in [2.05, 4.69) is 64.3 Å². The molecule has 2 aromatic carbocycles. The lowest BCUT2D eigenvalue weighted by atomic mass is 10.2. The van der Waals surface area contributed by atoms with Crippen molar-refractivity contribution in [1.29, 1.82) is 0 Å². The third-order valence-corrected chi connectivity index (χ3v) is 6.78. The van der Waals surface area contributed by atoms with Crippen molar-refractivity contribution in [3.63, 3.8) is 0 Å². The molecular weight excluding hydrogens is 398 g/mol. The van der Waals surface area contributed by atoms with Gasteiger partial charge >= 0.3 is 0 Å². The molecule has 154 valence electrons. The SMILES string of the molecule is Cc1ccc(SCCC(=O)N(CCC[NH+](C)C)c2nc3ccc(C)cc3s2)cc1. The number of nitrogens with one attached hydrogen (secondary N) is 1. The number of anilines is 1. The Kier molecular flexibility index (Phi) is 7.70. The van der Waals surface area contributed by atoms with E-state index in [9.17, 15) is 4.79 Å². The number of aromatic nitrogens is 1. The fourth-order valence-corrected chi connectivity index (χ4v) is 5.03. The molecule has 3 aromatic rings. The lowest BCUT2D eigenvalue weighted by molar-refractivity contribution is -0.858. The fraction of sp³-hybridized carbons (Fsp3) is 0.391. The van der Waals surface area contributed by atoms with Gasteiger partial charge in [-0.1, -0.05) is 35.1 Å². The molecule has 1 aromatic heterocycles. The van der Waals surface area contributed by atoms with Crippen molar-refractivity contribution in [3.8, 4) is 0 Å². The Morgan fingerprint density at radius 1 is 1.10 bits per heavy atom. The fourth-order valence-electron chi connectivity index (χ4n) is 3.08. The monoisotopic (exact) mass is 428 g/mol. The van der Waals surface area contributed by atoms with Crippen LogP contribution in [0.15, 0.2) is 47.4 Å². The van der Waals surface area contributed by atoms with Gasteiger partial charge in [0.1, 0.15) is 0 Å². The van der Waals surface area contributed by atoms with Gasteiger partial charge < -0.3 is 4.90 Å². The zero-order valence-electron chi connectivity index (χ0n) is 17.7. The number of quaternary nitrogens is 1. The van der Waals surface area contributed by atoms with E-state index in [-0.39, 0.29) is 5.91 Å². The quantitative estimate of drug-likeness (QED) is 0.524. The summed E-state index contributed by atoms with van der Waals surface area (Å²) in [5.74, 6) is 0.940. The van der Waals surface area contributed by atoms with Crippen molar-refractivity contribution in [3.05, 3.63) is 53.6 Å². The van der Waals surface area contributed by atoms with Gasteiger partial charge in [-0.3, -0.25) is 9.69 Å². The predicted octanol–water partition coefficient (Wildman–Crippen LogP) is 3.96. The summed E-state index contributed by atoms with van der Waals surface area (Å²) in [7, 11) is 4.29. The second-order valence-corrected chi connectivity index (χ2v) is 9.91. The molecule has 1 heterocycles. The number of carbonyl (C=O) groups excluding carboxylic acids is 1. The number of hydrogen-bond acceptors (Lipinski definition) is 4. The van der Waals surface area contributed by atoms with Gasteiger partial charge in [0.2, 0.25) is 5.91 Å². The summed E-state index contributed by atoms with van der Waals surface area (Å²) in [6, 6.07) is 14.7. The molecule has 0 unspecified atom stereocenters. The van der Waals surface area contributed by atoms with Gasteiger partial charge in [0.05, 0.1) is 30.9 Å². The highest BCUT2D eigenvalue weighted by Crippen LogP contribution is 2.30. The van der Waals surface area contributed by atoms with Crippen molar-refractivity contribution >= 4 is 44.4 Å². The summed E-state index contributed by atoms with van der Waals surface area (Å²) in [4.78, 5) is 22.3. The Morgan fingerprint density at radius 2 is 1.83 bits per heavy atom. The average Bonchev–Trinajstić information content (AvgIpc) is 3.09. The number of benzene rings is 2. The van der Waals surface area contributed by atoms with Crippen LogP contribution >= 0.6 is 23.1 Å². The molecule has 0 radical (unpaired) electrons. The van der Waals surface area contributed by atoms with E-state index in [1.54, 1.807) is 23.1 Å². The van der Waals surface area contributed by atoms with Crippen LogP contribution in [0.5, 0.6) is 0 Å². The van der Waals surface area contributed by atoms with Crippen molar-refractivity contribution in [2.24, 2.45) is 0 Å². The third kappa shape index (κ3) is 6.29. The number of carbonyl (C=O) groups is 1. The first-order valence-corrected chi connectivity index (χ1v) is 11.9. The topological polar surface area (TPSA) is 37.6 Å². The molecule has 0 aliphatic heterocycles. The van der Waals surface area contributed by atoms with Gasteiger partial charge in [0.15, 0.2) is 5.13 Å². The molecule has 29 heavy (non-hydrogen) atoms. The summed E-state index contributed by atoms with van der Waals surface area (Å²) in [6.07, 6.45) is 1.48. The van der Waals surface area contributed by atoms with Crippen LogP contribution in [0.2, 0.25) is 0 Å². The molecule has 4 nitrogen and oxygen atoms in total. The molecule has 0 spiro atoms. The Hall–Kier alpha value is -1.89. The summed E-state index contributed by atoms with van der Waals surface area (Å²) in [5.41, 5.74) is 3.45. The number of hydrogen-bond donors (Lipinski definition) is 1. The van der Waals surface area contributed by atoms with Crippen molar-refractivity contribution in [2.45, 2.75) is 31.6 Å². The van der Waals surface area contributed by atoms with Gasteiger partial charge in [0, 0.05) is 30.0 Å². The first-order valence-electron chi connectivity index (χ1n) is 10.1. The number of fused-ring (bicyclic) bond motifs is 1. The van der Waals surface area contributed by atoms with Gasteiger partial charge in [-0.25, -0.2) is 4.98 Å². The number of amides is 1. The predicted molar refractivity (Wildman–Crippen MR) is 126 cm³/mol. The molecule has 0 bridgehead atoms. The summed E-state index contributed by atoms with van der Waals surface area (Å²) in [6.45, 7) is 5.93. The minimum atomic E-state index is 0.161. The second-order valence-electron chi connectivity index (χ2n) is 7.74. The van der Waals surface area contributed by atoms with Gasteiger partial charge in [-0.15, -0.1) is 11.8 Å². The highest BCUT2D eigenvalue weighted by Gasteiger charge is 2.20. The van der Waals surface area contributed by atoms with Crippen molar-refractivity contribution in [2.75, 3.05) is 37.8 Å². The van der Waals surface area contributed by atoms with E-state index in [4.69, 9.17) is 4.98 Å². The van der Waals surface area contributed by atoms with Crippen LogP contribution in [0.1, 0.15) is 24.0 Å². The maximum atomic E-state index is 13.1. The summed E-state index contributed by atoms with van der Waals surface area (Å²) < 4.78 is 1.14. The largest absolute Gasteiger partial charge is 0.340 e. The number of thioether (sulfide) groups is 1. The molecule has 0 atom stereocenters. The molecule has 0 fully saturated rings. The molecule has 3 rings (SSSR count). The zero-order valence-corrected chi connectivity index (χ0v) is 19.3. The standard InChI is InChI=1S/C23H29N3OS2/c1-17-6-9-19(10-7-17)28-15-12-22(27)26(14-5-13-25(3)4)23-24-20-11-8-18(2)16-21(20)29-23/h6-11,16H,5,12-15H2,1-4H3/p+1. The second kappa shape index (κ2) is 10.2. The molecule has 0 saturated carbocycles. The Labute approximate surface area is 181 Å². The molecular formula is C23H30N3OS2+. The van der Waals surface area contributed by atoms with Crippen LogP contribution in [-0.4, -0.2) is 43.8 Å². The molecule has 1 amide bonds. The lowest BCUT2D eigenvalue weighted by Crippen LogP contribution is -3.05. The summed E-state index contributed by atoms with van der Waals surface area (Å²) in [5, 5.41) is 0.824. The van der Waals surface area contributed by atoms with E-state index >= 15 is 0 Å². The molecule has 6 heteroatoms. The van der Waals surface area contributed by atoms with Crippen LogP contribution in [-0.2, 0) is 4.79 Å². The van der Waals surface area contributed by atoms with Crippen molar-refractivity contribution < 1.29 is 9.69 Å². The Morgan fingerprint density at radius 3 is 2.55 bits per heavy atom. The smallest absolute Gasteiger partial charge is 0.229 e. The number of thiazole rings is 1. The van der Waals surface area contributed by atoms with Gasteiger partial charge in [-0.05, 0) is 43.7 Å². The van der Waals surface area contributed by atoms with Gasteiger partial charge in [0.25, 0.3) is 0 Å². The van der Waals surface area contributed by atoms with E-state index in [0.29, 0.717) is 6.42 Å². The highest BCUT2D eigenvalue weighted by atomic mass is 32.2. The maximum absolute atomic E-state index is 13.1. The molecule has 1 N–H and O–H groups in total. The zero-order chi connectivity index (χ0) is 20.8. The van der Waals surface area contributed by atoms with E-state index < -0.39 is 0 Å². The third-order valence-electron chi connectivity index (χ3n) is 4.73. The average molecular weight is 429 g/mol. The molecule has 0 saturated heterocycles. The lowest BCUT2D eigenvalue weighted by Gasteiger charge is -2.20. The van der Waals surface area contributed by atoms with E-state index in [1.165, 1.54) is 20.9 Å². The van der Waals surface area contributed by atoms with Crippen molar-refractivity contribution in [1.82, 2.24) is 4.98 Å². The highest BCUT2D eigenvalue weighted by molar-refractivity contribution is 7.99. The maximum Gasteiger partial charge on any atom is 0.229 e. The van der Waals surface area contributed by atoms with Crippen LogP contribution in [0.3, 0.4) is 0 Å². The Bertz CT molecular complexity index is 950. The minimum Gasteiger partial charge on any atom is -0.340 e. The summed E-state index contributed by atoms with van der Waals surface area (Å²) >= 11 is 3.36. The first kappa shape index (κ1) is 21.8. The first-order chi connectivity index (χ1) is 13.9. The molecule has 0 aliphatic rings.